The van der Waals surface area contributed by atoms with Gasteiger partial charge in [-0.15, -0.1) is 0 Å². The molecule has 198 valence electrons. The number of nitrogens with zero attached hydrogens (tertiary/aromatic N) is 1. The average Bonchev–Trinajstić information content (AvgIpc) is 3.18. The molecule has 0 bridgehead atoms. The van der Waals surface area contributed by atoms with Crippen LogP contribution >= 0.6 is 11.6 Å². The van der Waals surface area contributed by atoms with Crippen molar-refractivity contribution in [3.05, 3.63) is 76.3 Å². The van der Waals surface area contributed by atoms with Crippen LogP contribution < -0.4 is 23.8 Å². The SMILES string of the molecule is CCOc1cc(/C(O)=C2\C(=O)C(=O)N(c3ccccc3O)C2c2cc(OC)c(OC)c(OC)c2)ccc1Cl. The van der Waals surface area contributed by atoms with Gasteiger partial charge in [0.2, 0.25) is 5.75 Å². The number of ether oxygens (including phenoxy) is 4. The zero-order valence-corrected chi connectivity index (χ0v) is 21.9. The number of amides is 1. The quantitative estimate of drug-likeness (QED) is 0.231. The first-order valence-corrected chi connectivity index (χ1v) is 12.0. The minimum atomic E-state index is -1.16. The van der Waals surface area contributed by atoms with Crippen molar-refractivity contribution in [2.24, 2.45) is 0 Å². The van der Waals surface area contributed by atoms with Gasteiger partial charge in [0, 0.05) is 5.56 Å². The summed E-state index contributed by atoms with van der Waals surface area (Å²) in [6.07, 6.45) is 0. The third-order valence-electron chi connectivity index (χ3n) is 6.09. The third kappa shape index (κ3) is 4.56. The van der Waals surface area contributed by atoms with Crippen LogP contribution in [-0.2, 0) is 9.59 Å². The lowest BCUT2D eigenvalue weighted by molar-refractivity contribution is -0.132. The van der Waals surface area contributed by atoms with Crippen LogP contribution in [0.2, 0.25) is 5.02 Å². The van der Waals surface area contributed by atoms with Gasteiger partial charge in [-0.3, -0.25) is 14.5 Å². The summed E-state index contributed by atoms with van der Waals surface area (Å²) >= 11 is 6.21. The second kappa shape index (κ2) is 10.9. The number of para-hydroxylation sites is 2. The minimum absolute atomic E-state index is 0.0820. The standard InChI is InChI=1S/C28H26ClNO8/c1-5-38-20-12-15(10-11-17(20)29)25(32)23-24(16-13-21(35-2)27(37-4)22(14-16)36-3)30(28(34)26(23)33)18-8-6-7-9-19(18)31/h6-14,24,31-32H,5H2,1-4H3/b25-23+. The molecule has 1 amide bonds. The van der Waals surface area contributed by atoms with Crippen molar-refractivity contribution in [1.29, 1.82) is 0 Å². The molecule has 10 heteroatoms. The number of anilines is 1. The lowest BCUT2D eigenvalue weighted by Crippen LogP contribution is -2.29. The Balaban J connectivity index is 2.03. The number of halogens is 1. The lowest BCUT2D eigenvalue weighted by atomic mass is 9.94. The smallest absolute Gasteiger partial charge is 0.300 e. The van der Waals surface area contributed by atoms with E-state index in [4.69, 9.17) is 30.5 Å². The highest BCUT2D eigenvalue weighted by Gasteiger charge is 2.48. The number of methoxy groups -OCH3 is 3. The molecule has 1 saturated heterocycles. The maximum absolute atomic E-state index is 13.5. The number of hydrogen-bond acceptors (Lipinski definition) is 8. The first kappa shape index (κ1) is 26.7. The predicted molar refractivity (Wildman–Crippen MR) is 142 cm³/mol. The molecule has 3 aromatic rings. The first-order chi connectivity index (χ1) is 18.3. The van der Waals surface area contributed by atoms with Crippen molar-refractivity contribution in [3.63, 3.8) is 0 Å². The van der Waals surface area contributed by atoms with Crippen LogP contribution in [0.1, 0.15) is 24.1 Å². The molecule has 3 aromatic carbocycles. The fourth-order valence-electron chi connectivity index (χ4n) is 4.40. The van der Waals surface area contributed by atoms with Gasteiger partial charge in [-0.1, -0.05) is 23.7 Å². The maximum Gasteiger partial charge on any atom is 0.300 e. The van der Waals surface area contributed by atoms with Crippen molar-refractivity contribution >= 4 is 34.7 Å². The van der Waals surface area contributed by atoms with Crippen LogP contribution in [0.25, 0.3) is 5.76 Å². The number of Topliss-reactive ketones (excluding diaryl/α,β-unsaturated/α-hetero) is 1. The second-order valence-electron chi connectivity index (χ2n) is 8.19. The summed E-state index contributed by atoms with van der Waals surface area (Å²) in [6.45, 7) is 2.11. The summed E-state index contributed by atoms with van der Waals surface area (Å²) in [5.74, 6) is -1.41. The zero-order chi connectivity index (χ0) is 27.6. The fraction of sp³-hybridized carbons (Fsp3) is 0.214. The Morgan fingerprint density at radius 1 is 0.947 bits per heavy atom. The van der Waals surface area contributed by atoms with Crippen LogP contribution in [-0.4, -0.2) is 49.8 Å². The van der Waals surface area contributed by atoms with E-state index in [2.05, 4.69) is 0 Å². The van der Waals surface area contributed by atoms with Crippen molar-refractivity contribution < 1.29 is 38.7 Å². The molecule has 1 atom stereocenters. The summed E-state index contributed by atoms with van der Waals surface area (Å²) in [7, 11) is 4.32. The second-order valence-corrected chi connectivity index (χ2v) is 8.60. The Labute approximate surface area is 224 Å². The molecule has 4 rings (SSSR count). The molecule has 1 aliphatic rings. The molecule has 0 saturated carbocycles. The summed E-state index contributed by atoms with van der Waals surface area (Å²) in [5, 5.41) is 22.4. The molecule has 0 spiro atoms. The highest BCUT2D eigenvalue weighted by molar-refractivity contribution is 6.52. The van der Waals surface area contributed by atoms with Gasteiger partial charge in [0.1, 0.15) is 17.3 Å². The van der Waals surface area contributed by atoms with Gasteiger partial charge < -0.3 is 29.2 Å². The number of aromatic hydroxyl groups is 1. The summed E-state index contributed by atoms with van der Waals surface area (Å²) in [6, 6.07) is 12.6. The Hall–Kier alpha value is -4.37. The molecule has 1 heterocycles. The van der Waals surface area contributed by atoms with Gasteiger partial charge in [-0.25, -0.2) is 0 Å². The lowest BCUT2D eigenvalue weighted by Gasteiger charge is -2.27. The number of carbonyl (C=O) groups is 2. The number of ketones is 1. The number of phenols is 1. The Bertz CT molecular complexity index is 1410. The average molecular weight is 540 g/mol. The largest absolute Gasteiger partial charge is 0.507 e. The molecule has 9 nitrogen and oxygen atoms in total. The van der Waals surface area contributed by atoms with Gasteiger partial charge in [0.15, 0.2) is 11.5 Å². The maximum atomic E-state index is 13.5. The van der Waals surface area contributed by atoms with Gasteiger partial charge in [-0.05, 0) is 55.0 Å². The van der Waals surface area contributed by atoms with E-state index in [1.54, 1.807) is 31.2 Å². The molecule has 2 N–H and O–H groups in total. The molecular formula is C28H26ClNO8. The number of aliphatic hydroxyl groups excluding tert-OH is 1. The number of phenolic OH excluding ortho intramolecular Hbond substituents is 1. The van der Waals surface area contributed by atoms with Gasteiger partial charge in [-0.2, -0.15) is 0 Å². The Morgan fingerprint density at radius 2 is 1.61 bits per heavy atom. The van der Waals surface area contributed by atoms with E-state index in [1.807, 2.05) is 0 Å². The summed E-state index contributed by atoms with van der Waals surface area (Å²) in [5.41, 5.74) is 0.448. The predicted octanol–water partition coefficient (Wildman–Crippen LogP) is 5.10. The minimum Gasteiger partial charge on any atom is -0.507 e. The van der Waals surface area contributed by atoms with E-state index in [0.29, 0.717) is 28.7 Å². The molecular weight excluding hydrogens is 514 g/mol. The van der Waals surface area contributed by atoms with Gasteiger partial charge in [0.05, 0.1) is 50.3 Å². The van der Waals surface area contributed by atoms with Crippen LogP contribution in [0.5, 0.6) is 28.7 Å². The van der Waals surface area contributed by atoms with Crippen molar-refractivity contribution in [3.8, 4) is 28.7 Å². The number of rotatable bonds is 8. The Morgan fingerprint density at radius 3 is 2.18 bits per heavy atom. The van der Waals surface area contributed by atoms with Crippen molar-refractivity contribution in [2.45, 2.75) is 13.0 Å². The van der Waals surface area contributed by atoms with E-state index in [1.165, 1.54) is 51.7 Å². The first-order valence-electron chi connectivity index (χ1n) is 11.6. The molecule has 0 aromatic heterocycles. The molecule has 0 radical (unpaired) electrons. The number of carbonyl (C=O) groups excluding carboxylic acids is 2. The van der Waals surface area contributed by atoms with E-state index in [9.17, 15) is 19.8 Å². The number of aliphatic hydroxyl groups is 1. The van der Waals surface area contributed by atoms with Gasteiger partial charge >= 0.3 is 0 Å². The summed E-state index contributed by atoms with van der Waals surface area (Å²) in [4.78, 5) is 28.0. The van der Waals surface area contributed by atoms with E-state index in [0.717, 1.165) is 4.90 Å². The molecule has 1 fully saturated rings. The highest BCUT2D eigenvalue weighted by Crippen LogP contribution is 2.48. The Kier molecular flexibility index (Phi) is 7.68. The van der Waals surface area contributed by atoms with E-state index in [-0.39, 0.29) is 34.1 Å². The number of hydrogen-bond donors (Lipinski definition) is 2. The van der Waals surface area contributed by atoms with E-state index >= 15 is 0 Å². The normalized spacial score (nSPS) is 16.4. The highest BCUT2D eigenvalue weighted by atomic mass is 35.5. The van der Waals surface area contributed by atoms with Crippen LogP contribution in [0.15, 0.2) is 60.2 Å². The monoisotopic (exact) mass is 539 g/mol. The van der Waals surface area contributed by atoms with Crippen LogP contribution in [0.3, 0.4) is 0 Å². The molecule has 1 unspecified atom stereocenters. The van der Waals surface area contributed by atoms with Crippen LogP contribution in [0, 0.1) is 0 Å². The number of benzene rings is 3. The zero-order valence-electron chi connectivity index (χ0n) is 21.1. The molecule has 38 heavy (non-hydrogen) atoms. The fourth-order valence-corrected chi connectivity index (χ4v) is 4.57. The molecule has 0 aliphatic carbocycles. The molecule has 1 aliphatic heterocycles. The van der Waals surface area contributed by atoms with Crippen molar-refractivity contribution in [2.75, 3.05) is 32.8 Å². The van der Waals surface area contributed by atoms with Crippen LogP contribution in [0.4, 0.5) is 5.69 Å². The van der Waals surface area contributed by atoms with Gasteiger partial charge in [0.25, 0.3) is 11.7 Å². The topological polar surface area (TPSA) is 115 Å². The third-order valence-corrected chi connectivity index (χ3v) is 6.41. The summed E-state index contributed by atoms with van der Waals surface area (Å²) < 4.78 is 21.9. The van der Waals surface area contributed by atoms with E-state index < -0.39 is 23.5 Å². The van der Waals surface area contributed by atoms with Crippen molar-refractivity contribution in [1.82, 2.24) is 0 Å².